The first kappa shape index (κ1) is 26.5. The number of benzene rings is 2. The molecule has 3 rings (SSSR count). The van der Waals surface area contributed by atoms with E-state index in [1.165, 1.54) is 24.7 Å². The number of hydrogen-bond donors (Lipinski definition) is 3. The van der Waals surface area contributed by atoms with Gasteiger partial charge in [0.15, 0.2) is 0 Å². The fourth-order valence-electron chi connectivity index (χ4n) is 3.34. The molecule has 0 aliphatic carbocycles. The van der Waals surface area contributed by atoms with Gasteiger partial charge in [-0.3, -0.25) is 9.59 Å². The van der Waals surface area contributed by atoms with Crippen LogP contribution in [0.3, 0.4) is 0 Å². The molecule has 166 valence electrons. The molecule has 1 atom stereocenters. The zero-order chi connectivity index (χ0) is 23.4. The van der Waals surface area contributed by atoms with E-state index < -0.39 is 41.5 Å². The standard InChI is InChI=1S/C23H22ClN3O5.Na/c1-13-12-27(2)22(31)20(21(13)30)26-23(32)25-18(11-19(28)29)15-7-5-6-14(10-15)16-8-3-4-9-17(16)24;/h3-10,12,18,30H,11H2,1-2H3,(H,28,29)(H2,25,26,32);/q;+1/p-1. The number of amides is 2. The van der Waals surface area contributed by atoms with E-state index in [-0.39, 0.29) is 35.1 Å². The summed E-state index contributed by atoms with van der Waals surface area (Å²) in [5, 5.41) is 27.0. The summed E-state index contributed by atoms with van der Waals surface area (Å²) in [6.45, 7) is 1.53. The number of aliphatic carboxylic acids is 1. The van der Waals surface area contributed by atoms with Gasteiger partial charge in [0.25, 0.3) is 5.56 Å². The van der Waals surface area contributed by atoms with Gasteiger partial charge in [0.05, 0.1) is 12.5 Å². The fourth-order valence-corrected chi connectivity index (χ4v) is 3.59. The van der Waals surface area contributed by atoms with Gasteiger partial charge >= 0.3 is 41.6 Å². The van der Waals surface area contributed by atoms with Gasteiger partial charge in [-0.2, -0.15) is 0 Å². The van der Waals surface area contributed by atoms with Crippen LogP contribution in [0.4, 0.5) is 10.5 Å². The second-order valence-corrected chi connectivity index (χ2v) is 7.69. The number of anilines is 1. The smallest absolute Gasteiger partial charge is 0.871 e. The number of pyridine rings is 1. The molecule has 2 aromatic carbocycles. The van der Waals surface area contributed by atoms with Crippen LogP contribution in [0.15, 0.2) is 59.5 Å². The Morgan fingerprint density at radius 3 is 2.55 bits per heavy atom. The molecule has 3 aromatic rings. The van der Waals surface area contributed by atoms with Crippen LogP contribution in [0.25, 0.3) is 11.1 Å². The molecular formula is C23H21ClN3NaO5. The van der Waals surface area contributed by atoms with E-state index in [0.29, 0.717) is 10.6 Å². The first-order valence-corrected chi connectivity index (χ1v) is 10.1. The van der Waals surface area contributed by atoms with E-state index in [4.69, 9.17) is 11.6 Å². The Labute approximate surface area is 217 Å². The third-order valence-corrected chi connectivity index (χ3v) is 5.23. The number of aromatic nitrogens is 1. The van der Waals surface area contributed by atoms with Crippen molar-refractivity contribution in [3.63, 3.8) is 0 Å². The second kappa shape index (κ2) is 11.4. The van der Waals surface area contributed by atoms with Crippen molar-refractivity contribution < 1.29 is 49.4 Å². The molecule has 3 N–H and O–H groups in total. The van der Waals surface area contributed by atoms with E-state index in [0.717, 1.165) is 11.1 Å². The van der Waals surface area contributed by atoms with Crippen LogP contribution in [0.2, 0.25) is 5.02 Å². The molecule has 0 aliphatic rings. The molecule has 33 heavy (non-hydrogen) atoms. The third-order valence-electron chi connectivity index (χ3n) is 4.90. The van der Waals surface area contributed by atoms with Crippen molar-refractivity contribution in [1.29, 1.82) is 0 Å². The average Bonchev–Trinajstić information content (AvgIpc) is 2.75. The molecule has 10 heteroatoms. The Morgan fingerprint density at radius 1 is 1.18 bits per heavy atom. The van der Waals surface area contributed by atoms with E-state index in [1.54, 1.807) is 30.3 Å². The minimum atomic E-state index is -1.13. The predicted molar refractivity (Wildman–Crippen MR) is 120 cm³/mol. The van der Waals surface area contributed by atoms with Crippen LogP contribution in [-0.4, -0.2) is 21.7 Å². The van der Waals surface area contributed by atoms with Gasteiger partial charge in [-0.1, -0.05) is 53.7 Å². The monoisotopic (exact) mass is 477 g/mol. The minimum Gasteiger partial charge on any atom is -0.871 e. The number of nitrogens with zero attached hydrogens (tertiary/aromatic N) is 1. The van der Waals surface area contributed by atoms with Crippen molar-refractivity contribution in [3.05, 3.63) is 81.2 Å². The van der Waals surface area contributed by atoms with Gasteiger partial charge < -0.3 is 25.4 Å². The van der Waals surface area contributed by atoms with Crippen molar-refractivity contribution in [2.24, 2.45) is 7.05 Å². The van der Waals surface area contributed by atoms with E-state index in [2.05, 4.69) is 10.6 Å². The molecule has 2 amide bonds. The maximum absolute atomic E-state index is 12.6. The molecule has 0 radical (unpaired) electrons. The Hall–Kier alpha value is -2.78. The van der Waals surface area contributed by atoms with Crippen LogP contribution in [-0.2, 0) is 11.8 Å². The van der Waals surface area contributed by atoms with E-state index >= 15 is 0 Å². The van der Waals surface area contributed by atoms with Gasteiger partial charge in [0.2, 0.25) is 0 Å². The summed E-state index contributed by atoms with van der Waals surface area (Å²) in [6, 6.07) is 12.4. The maximum atomic E-state index is 12.6. The molecule has 0 fully saturated rings. The zero-order valence-electron chi connectivity index (χ0n) is 18.4. The number of carboxylic acids is 1. The summed E-state index contributed by atoms with van der Waals surface area (Å²) < 4.78 is 1.19. The number of hydrogen-bond acceptors (Lipinski definition) is 4. The summed E-state index contributed by atoms with van der Waals surface area (Å²) in [6.07, 6.45) is 0.969. The summed E-state index contributed by atoms with van der Waals surface area (Å²) >= 11 is 6.27. The van der Waals surface area contributed by atoms with Gasteiger partial charge in [-0.25, -0.2) is 4.79 Å². The first-order chi connectivity index (χ1) is 15.2. The van der Waals surface area contributed by atoms with E-state index in [9.17, 15) is 24.6 Å². The Balaban J connectivity index is 0.00000385. The Morgan fingerprint density at radius 2 is 1.88 bits per heavy atom. The van der Waals surface area contributed by atoms with Gasteiger partial charge in [0.1, 0.15) is 5.69 Å². The summed E-state index contributed by atoms with van der Waals surface area (Å²) in [5.41, 5.74) is 1.26. The zero-order valence-corrected chi connectivity index (χ0v) is 21.1. The molecule has 1 aromatic heterocycles. The number of carbonyl (C=O) groups excluding carboxylic acids is 1. The van der Waals surface area contributed by atoms with Crippen LogP contribution in [0.1, 0.15) is 23.6 Å². The molecule has 0 saturated carbocycles. The van der Waals surface area contributed by atoms with Crippen molar-refractivity contribution in [2.45, 2.75) is 19.4 Å². The van der Waals surface area contributed by atoms with Gasteiger partial charge in [-0.05, 0) is 35.7 Å². The van der Waals surface area contributed by atoms with Crippen molar-refractivity contribution in [1.82, 2.24) is 9.88 Å². The van der Waals surface area contributed by atoms with Crippen LogP contribution in [0.5, 0.6) is 5.75 Å². The largest absolute Gasteiger partial charge is 1.00 e. The molecule has 0 saturated heterocycles. The molecule has 0 bridgehead atoms. The number of carbonyl (C=O) groups is 2. The summed E-state index contributed by atoms with van der Waals surface area (Å²) in [7, 11) is 1.46. The number of aryl methyl sites for hydroxylation is 2. The summed E-state index contributed by atoms with van der Waals surface area (Å²) in [5.74, 6) is -1.73. The SMILES string of the molecule is Cc1cn(C)c(=O)c(NC(=O)NC(CC(=O)O)c2cccc(-c3ccccc3Cl)c2)c1[O-].[Na+]. The second-order valence-electron chi connectivity index (χ2n) is 7.29. The third kappa shape index (κ3) is 6.39. The number of urea groups is 1. The van der Waals surface area contributed by atoms with Gasteiger partial charge in [0, 0.05) is 23.8 Å². The normalized spacial score (nSPS) is 11.2. The Kier molecular flexibility index (Phi) is 9.13. The predicted octanol–water partition coefficient (Wildman–Crippen LogP) is 0.429. The minimum absolute atomic E-state index is 0. The van der Waals surface area contributed by atoms with E-state index in [1.807, 2.05) is 18.2 Å². The first-order valence-electron chi connectivity index (χ1n) is 9.68. The van der Waals surface area contributed by atoms with Crippen LogP contribution >= 0.6 is 11.6 Å². The average molecular weight is 478 g/mol. The molecular weight excluding hydrogens is 457 g/mol. The number of carboxylic acid groups (broad SMARTS) is 1. The maximum Gasteiger partial charge on any atom is 1.00 e. The molecule has 1 heterocycles. The quantitative estimate of drug-likeness (QED) is 0.444. The van der Waals surface area contributed by atoms with Crippen LogP contribution in [0, 0.1) is 6.92 Å². The number of nitrogens with one attached hydrogen (secondary N) is 2. The van der Waals surface area contributed by atoms with Crippen molar-refractivity contribution in [2.75, 3.05) is 5.32 Å². The molecule has 8 nitrogen and oxygen atoms in total. The molecule has 0 spiro atoms. The Bertz CT molecular complexity index is 1250. The van der Waals surface area contributed by atoms with Gasteiger partial charge in [-0.15, -0.1) is 0 Å². The fraction of sp³-hybridized carbons (Fsp3) is 0.174. The topological polar surface area (TPSA) is 123 Å². The number of rotatable bonds is 6. The molecule has 0 aliphatic heterocycles. The van der Waals surface area contributed by atoms with Crippen LogP contribution < -0.4 is 50.9 Å². The summed E-state index contributed by atoms with van der Waals surface area (Å²) in [4.78, 5) is 36.3. The van der Waals surface area contributed by atoms with Crippen molar-refractivity contribution >= 4 is 29.3 Å². The molecule has 1 unspecified atom stereocenters. The van der Waals surface area contributed by atoms with Crippen molar-refractivity contribution in [3.8, 4) is 16.9 Å². The number of halogens is 1.